The predicted molar refractivity (Wildman–Crippen MR) is 58.6 cm³/mol. The Balaban J connectivity index is 3.20. The number of rotatable bonds is 3. The van der Waals surface area contributed by atoms with Gasteiger partial charge in [-0.2, -0.15) is 0 Å². The highest BCUT2D eigenvalue weighted by Crippen LogP contribution is 2.20. The second-order valence-corrected chi connectivity index (χ2v) is 6.45. The molecule has 0 aliphatic heterocycles. The average molecular weight is 214 g/mol. The first-order valence-corrected chi connectivity index (χ1v) is 6.92. The van der Waals surface area contributed by atoms with Gasteiger partial charge in [0.1, 0.15) is 0 Å². The molecule has 0 bridgehead atoms. The third-order valence-corrected chi connectivity index (χ3v) is 4.55. The molecule has 0 saturated carbocycles. The van der Waals surface area contributed by atoms with Gasteiger partial charge in [0.25, 0.3) is 0 Å². The first-order valence-electron chi connectivity index (χ1n) is 4.96. The number of halogens is 2. The summed E-state index contributed by atoms with van der Waals surface area (Å²) in [4.78, 5) is 0. The molecule has 0 atom stereocenters. The largest absolute Gasteiger partial charge is 0.455 e. The summed E-state index contributed by atoms with van der Waals surface area (Å²) in [5, 5.41) is 0.317. The van der Waals surface area contributed by atoms with E-state index in [0.717, 1.165) is 5.56 Å². The molecule has 0 unspecified atom stereocenters. The van der Waals surface area contributed by atoms with E-state index in [1.807, 2.05) is 26.0 Å². The Morgan fingerprint density at radius 2 is 1.79 bits per heavy atom. The Morgan fingerprint density at radius 1 is 1.21 bits per heavy atom. The Hall–Kier alpha value is -0.703. The minimum atomic E-state index is -4.16. The van der Waals surface area contributed by atoms with Crippen molar-refractivity contribution < 1.29 is 8.22 Å². The Labute approximate surface area is 85.3 Å². The standard InChI is InChI=1S/C11H16F2Si/c1-4-14(12,13)11-8-6-5-7-10(11)9(2)3/h5-9H,4H2,1-3H3. The van der Waals surface area contributed by atoms with Crippen LogP contribution in [0.15, 0.2) is 24.3 Å². The molecule has 0 nitrogen and oxygen atoms in total. The summed E-state index contributed by atoms with van der Waals surface area (Å²) >= 11 is 0. The van der Waals surface area contributed by atoms with Crippen LogP contribution in [0.4, 0.5) is 8.22 Å². The summed E-state index contributed by atoms with van der Waals surface area (Å²) in [5.41, 5.74) is 0.811. The van der Waals surface area contributed by atoms with Crippen molar-refractivity contribution in [2.45, 2.75) is 32.7 Å². The van der Waals surface area contributed by atoms with Crippen LogP contribution in [0.3, 0.4) is 0 Å². The van der Waals surface area contributed by atoms with E-state index < -0.39 is 8.74 Å². The van der Waals surface area contributed by atoms with E-state index >= 15 is 0 Å². The molecule has 1 rings (SSSR count). The minimum Gasteiger partial charge on any atom is -0.265 e. The minimum absolute atomic E-state index is 0.00324. The van der Waals surface area contributed by atoms with Crippen LogP contribution in [0.2, 0.25) is 6.04 Å². The van der Waals surface area contributed by atoms with Gasteiger partial charge in [0, 0.05) is 5.19 Å². The zero-order chi connectivity index (χ0) is 10.8. The van der Waals surface area contributed by atoms with Crippen LogP contribution in [-0.4, -0.2) is 8.74 Å². The normalized spacial score (nSPS) is 12.1. The molecule has 0 saturated heterocycles. The second-order valence-electron chi connectivity index (χ2n) is 3.80. The van der Waals surface area contributed by atoms with E-state index in [4.69, 9.17) is 0 Å². The van der Waals surface area contributed by atoms with Gasteiger partial charge < -0.3 is 0 Å². The molecule has 0 fully saturated rings. The van der Waals surface area contributed by atoms with Crippen LogP contribution in [0.5, 0.6) is 0 Å². The molecule has 3 heteroatoms. The van der Waals surface area contributed by atoms with Gasteiger partial charge in [0.05, 0.1) is 0 Å². The van der Waals surface area contributed by atoms with Crippen LogP contribution in [-0.2, 0) is 0 Å². The summed E-state index contributed by atoms with van der Waals surface area (Å²) in [6.45, 7) is 5.49. The lowest BCUT2D eigenvalue weighted by Crippen LogP contribution is -2.40. The summed E-state index contributed by atoms with van der Waals surface area (Å²) < 4.78 is 27.3. The van der Waals surface area contributed by atoms with Crippen LogP contribution in [0.25, 0.3) is 0 Å². The fourth-order valence-corrected chi connectivity index (χ4v) is 3.04. The fourth-order valence-electron chi connectivity index (χ4n) is 1.52. The van der Waals surface area contributed by atoms with Gasteiger partial charge in [-0.1, -0.05) is 45.0 Å². The molecule has 78 valence electrons. The van der Waals surface area contributed by atoms with Gasteiger partial charge >= 0.3 is 8.74 Å². The first kappa shape index (κ1) is 11.4. The van der Waals surface area contributed by atoms with Gasteiger partial charge in [-0.05, 0) is 17.5 Å². The van der Waals surface area contributed by atoms with Crippen LogP contribution in [0, 0.1) is 0 Å². The molecule has 0 aromatic heterocycles. The van der Waals surface area contributed by atoms with Gasteiger partial charge in [-0.25, -0.2) is 0 Å². The Kier molecular flexibility index (Phi) is 3.42. The van der Waals surface area contributed by atoms with Crippen molar-refractivity contribution in [1.82, 2.24) is 0 Å². The van der Waals surface area contributed by atoms with Crippen LogP contribution in [0.1, 0.15) is 32.3 Å². The van der Waals surface area contributed by atoms with Crippen LogP contribution < -0.4 is 5.19 Å². The summed E-state index contributed by atoms with van der Waals surface area (Å²) in [5.74, 6) is 0.177. The van der Waals surface area contributed by atoms with E-state index in [0.29, 0.717) is 5.19 Å². The van der Waals surface area contributed by atoms with E-state index in [-0.39, 0.29) is 12.0 Å². The van der Waals surface area contributed by atoms with E-state index in [9.17, 15) is 8.22 Å². The third kappa shape index (κ3) is 2.21. The van der Waals surface area contributed by atoms with Gasteiger partial charge in [0.15, 0.2) is 0 Å². The Bertz CT molecular complexity index is 308. The molecular formula is C11H16F2Si. The molecule has 0 N–H and O–H groups in total. The fraction of sp³-hybridized carbons (Fsp3) is 0.455. The van der Waals surface area contributed by atoms with Crippen molar-refractivity contribution >= 4 is 13.9 Å². The third-order valence-electron chi connectivity index (χ3n) is 2.42. The van der Waals surface area contributed by atoms with Crippen LogP contribution >= 0.6 is 0 Å². The summed E-state index contributed by atoms with van der Waals surface area (Å²) in [6, 6.07) is 6.94. The van der Waals surface area contributed by atoms with E-state index in [1.165, 1.54) is 0 Å². The second kappa shape index (κ2) is 4.21. The van der Waals surface area contributed by atoms with E-state index in [1.54, 1.807) is 19.1 Å². The van der Waals surface area contributed by atoms with Gasteiger partial charge in [-0.15, -0.1) is 0 Å². The molecule has 0 heterocycles. The smallest absolute Gasteiger partial charge is 0.265 e. The first-order chi connectivity index (χ1) is 6.49. The van der Waals surface area contributed by atoms with Crippen molar-refractivity contribution in [3.8, 4) is 0 Å². The Morgan fingerprint density at radius 3 is 2.29 bits per heavy atom. The van der Waals surface area contributed by atoms with Crippen molar-refractivity contribution in [2.24, 2.45) is 0 Å². The molecule has 1 aromatic rings. The molecule has 1 aromatic carbocycles. The number of benzene rings is 1. The molecule has 0 spiro atoms. The van der Waals surface area contributed by atoms with Gasteiger partial charge in [0.2, 0.25) is 0 Å². The van der Waals surface area contributed by atoms with Crippen molar-refractivity contribution in [3.05, 3.63) is 29.8 Å². The zero-order valence-corrected chi connectivity index (χ0v) is 9.85. The topological polar surface area (TPSA) is 0 Å². The lowest BCUT2D eigenvalue weighted by atomic mass is 10.0. The maximum Gasteiger partial charge on any atom is 0.455 e. The highest BCUT2D eigenvalue weighted by Gasteiger charge is 2.37. The lowest BCUT2D eigenvalue weighted by Gasteiger charge is -2.17. The predicted octanol–water partition coefficient (Wildman–Crippen LogP) is 3.42. The summed E-state index contributed by atoms with van der Waals surface area (Å²) in [6.07, 6.45) is 0. The van der Waals surface area contributed by atoms with Crippen molar-refractivity contribution in [2.75, 3.05) is 0 Å². The maximum absolute atomic E-state index is 13.6. The molecule has 0 amide bonds. The molecule has 0 aliphatic carbocycles. The molecule has 0 radical (unpaired) electrons. The SMILES string of the molecule is CC[Si](F)(F)c1ccccc1C(C)C. The van der Waals surface area contributed by atoms with Gasteiger partial charge in [-0.3, -0.25) is 8.22 Å². The molecule has 0 aliphatic rings. The van der Waals surface area contributed by atoms with E-state index in [2.05, 4.69) is 0 Å². The number of hydrogen-bond donors (Lipinski definition) is 0. The van der Waals surface area contributed by atoms with Crippen molar-refractivity contribution in [3.63, 3.8) is 0 Å². The van der Waals surface area contributed by atoms with Crippen molar-refractivity contribution in [1.29, 1.82) is 0 Å². The zero-order valence-electron chi connectivity index (χ0n) is 8.85. The number of hydrogen-bond acceptors (Lipinski definition) is 0. The molecular weight excluding hydrogens is 198 g/mol. The monoisotopic (exact) mass is 214 g/mol. The highest BCUT2D eigenvalue weighted by molar-refractivity contribution is 6.80. The maximum atomic E-state index is 13.6. The lowest BCUT2D eigenvalue weighted by molar-refractivity contribution is 0.623. The molecule has 14 heavy (non-hydrogen) atoms. The quantitative estimate of drug-likeness (QED) is 0.534. The highest BCUT2D eigenvalue weighted by atomic mass is 28.4. The average Bonchev–Trinajstić information content (AvgIpc) is 2.18. The summed E-state index contributed by atoms with van der Waals surface area (Å²) in [7, 11) is -4.16.